The van der Waals surface area contributed by atoms with Crippen LogP contribution in [0.4, 0.5) is 5.13 Å². The molecule has 1 heterocycles. The van der Waals surface area contributed by atoms with Crippen LogP contribution < -0.4 is 5.73 Å². The van der Waals surface area contributed by atoms with Gasteiger partial charge >= 0.3 is 0 Å². The third-order valence-corrected chi connectivity index (χ3v) is 2.29. The molecule has 0 atom stereocenters. The van der Waals surface area contributed by atoms with E-state index in [9.17, 15) is 0 Å². The van der Waals surface area contributed by atoms with Crippen molar-refractivity contribution in [2.45, 2.75) is 24.3 Å². The summed E-state index contributed by atoms with van der Waals surface area (Å²) < 4.78 is 4.02. The van der Waals surface area contributed by atoms with Gasteiger partial charge in [0.15, 0.2) is 0 Å². The van der Waals surface area contributed by atoms with Gasteiger partial charge in [0, 0.05) is 16.8 Å². The number of anilines is 1. The zero-order chi connectivity index (χ0) is 7.56. The second kappa shape index (κ2) is 3.21. The molecule has 0 aromatic carbocycles. The molecule has 0 bridgehead atoms. The van der Waals surface area contributed by atoms with E-state index in [0.29, 0.717) is 10.4 Å². The van der Waals surface area contributed by atoms with Crippen LogP contribution in [-0.4, -0.2) is 14.6 Å². The molecule has 0 saturated heterocycles. The largest absolute Gasteiger partial charge is 0.374 e. The molecule has 1 aromatic rings. The third kappa shape index (κ3) is 2.15. The second-order valence-electron chi connectivity index (χ2n) is 2.08. The van der Waals surface area contributed by atoms with E-state index in [4.69, 9.17) is 5.73 Å². The lowest BCUT2D eigenvalue weighted by molar-refractivity contribution is 1.04. The summed E-state index contributed by atoms with van der Waals surface area (Å²) in [5.41, 5.74) is 5.39. The number of nitrogen functional groups attached to an aromatic ring is 1. The van der Waals surface area contributed by atoms with Gasteiger partial charge in [-0.2, -0.15) is 9.36 Å². The predicted molar refractivity (Wildman–Crippen MR) is 45.3 cm³/mol. The van der Waals surface area contributed by atoms with Crippen molar-refractivity contribution in [3.63, 3.8) is 0 Å². The molecule has 10 heavy (non-hydrogen) atoms. The first-order valence-electron chi connectivity index (χ1n) is 2.94. The minimum atomic E-state index is 0.522. The molecule has 3 nitrogen and oxygen atoms in total. The highest BCUT2D eigenvalue weighted by molar-refractivity contribution is 7.99. The Balaban J connectivity index is 2.58. The van der Waals surface area contributed by atoms with Gasteiger partial charge in [-0.05, 0) is 0 Å². The lowest BCUT2D eigenvalue weighted by Crippen LogP contribution is -1.87. The maximum absolute atomic E-state index is 5.39. The van der Waals surface area contributed by atoms with E-state index in [2.05, 4.69) is 23.2 Å². The van der Waals surface area contributed by atoms with Gasteiger partial charge in [0.25, 0.3) is 0 Å². The maximum atomic E-state index is 5.39. The van der Waals surface area contributed by atoms with Crippen molar-refractivity contribution in [1.29, 1.82) is 0 Å². The molecule has 0 amide bonds. The van der Waals surface area contributed by atoms with Crippen molar-refractivity contribution in [3.05, 3.63) is 0 Å². The van der Waals surface area contributed by atoms with Gasteiger partial charge in [-0.15, -0.1) is 0 Å². The highest BCUT2D eigenvalue weighted by Crippen LogP contribution is 2.21. The summed E-state index contributed by atoms with van der Waals surface area (Å²) in [6, 6.07) is 0. The van der Waals surface area contributed by atoms with E-state index < -0.39 is 0 Å². The maximum Gasteiger partial charge on any atom is 0.202 e. The molecule has 1 aromatic heterocycles. The van der Waals surface area contributed by atoms with Crippen molar-refractivity contribution in [2.75, 3.05) is 5.73 Å². The summed E-state index contributed by atoms with van der Waals surface area (Å²) in [4.78, 5) is 4.00. The molecule has 0 radical (unpaired) electrons. The molecule has 0 fully saturated rings. The fourth-order valence-corrected chi connectivity index (χ4v) is 1.73. The summed E-state index contributed by atoms with van der Waals surface area (Å²) in [5, 5.41) is 1.86. The number of thioether (sulfide) groups is 1. The van der Waals surface area contributed by atoms with Crippen LogP contribution >= 0.6 is 23.3 Å². The van der Waals surface area contributed by atoms with Gasteiger partial charge in [0.2, 0.25) is 10.3 Å². The first kappa shape index (κ1) is 7.81. The van der Waals surface area contributed by atoms with Crippen LogP contribution in [0.15, 0.2) is 5.16 Å². The smallest absolute Gasteiger partial charge is 0.202 e. The highest BCUT2D eigenvalue weighted by Gasteiger charge is 2.02. The molecule has 5 heteroatoms. The number of nitrogens with two attached hydrogens (primary N) is 1. The summed E-state index contributed by atoms with van der Waals surface area (Å²) in [6.45, 7) is 4.20. The quantitative estimate of drug-likeness (QED) is 0.694. The Morgan fingerprint density at radius 1 is 1.60 bits per heavy atom. The average molecular weight is 175 g/mol. The van der Waals surface area contributed by atoms with Gasteiger partial charge in [-0.3, -0.25) is 0 Å². The summed E-state index contributed by atoms with van der Waals surface area (Å²) in [5.74, 6) is 0. The van der Waals surface area contributed by atoms with Crippen LogP contribution in [0.5, 0.6) is 0 Å². The minimum absolute atomic E-state index is 0.522. The van der Waals surface area contributed by atoms with Crippen LogP contribution in [0.1, 0.15) is 13.8 Å². The van der Waals surface area contributed by atoms with Crippen molar-refractivity contribution in [2.24, 2.45) is 0 Å². The molecule has 2 N–H and O–H groups in total. The Hall–Kier alpha value is -0.290. The summed E-state index contributed by atoms with van der Waals surface area (Å²) in [7, 11) is 0. The second-order valence-corrected chi connectivity index (χ2v) is 4.41. The first-order valence-corrected chi connectivity index (χ1v) is 4.59. The van der Waals surface area contributed by atoms with E-state index in [1.54, 1.807) is 11.8 Å². The van der Waals surface area contributed by atoms with Crippen molar-refractivity contribution in [1.82, 2.24) is 9.36 Å². The number of hydrogen-bond acceptors (Lipinski definition) is 5. The van der Waals surface area contributed by atoms with Crippen LogP contribution in [0.2, 0.25) is 0 Å². The zero-order valence-corrected chi connectivity index (χ0v) is 7.50. The molecule has 0 spiro atoms. The molecular weight excluding hydrogens is 166 g/mol. The fourth-order valence-electron chi connectivity index (χ4n) is 0.480. The van der Waals surface area contributed by atoms with Crippen molar-refractivity contribution < 1.29 is 0 Å². The van der Waals surface area contributed by atoms with E-state index in [0.717, 1.165) is 5.16 Å². The molecule has 56 valence electrons. The zero-order valence-electron chi connectivity index (χ0n) is 5.87. The molecular formula is C5H9N3S2. The number of nitrogens with zero attached hydrogens (tertiary/aromatic N) is 2. The molecule has 1 rings (SSSR count). The Labute approximate surface area is 68.2 Å². The minimum Gasteiger partial charge on any atom is -0.374 e. The van der Waals surface area contributed by atoms with Gasteiger partial charge in [0.1, 0.15) is 0 Å². The van der Waals surface area contributed by atoms with E-state index >= 15 is 0 Å². The number of aromatic nitrogens is 2. The average Bonchev–Trinajstić information content (AvgIpc) is 2.13. The molecule has 0 aliphatic rings. The number of rotatable bonds is 2. The molecule has 0 aliphatic heterocycles. The van der Waals surface area contributed by atoms with E-state index in [-0.39, 0.29) is 0 Å². The Morgan fingerprint density at radius 2 is 2.30 bits per heavy atom. The molecule has 0 aliphatic carbocycles. The Bertz CT molecular complexity index is 208. The van der Waals surface area contributed by atoms with Crippen molar-refractivity contribution >= 4 is 28.4 Å². The Kier molecular flexibility index (Phi) is 2.50. The van der Waals surface area contributed by atoms with Crippen molar-refractivity contribution in [3.8, 4) is 0 Å². The standard InChI is InChI=1S/C5H9N3S2/c1-3(2)9-5-7-4(6)10-8-5/h3H,1-2H3,(H2,6,7,8). The van der Waals surface area contributed by atoms with Gasteiger partial charge in [-0.25, -0.2) is 0 Å². The monoisotopic (exact) mass is 175 g/mol. The fraction of sp³-hybridized carbons (Fsp3) is 0.600. The highest BCUT2D eigenvalue weighted by atomic mass is 32.2. The Morgan fingerprint density at radius 3 is 2.70 bits per heavy atom. The molecule has 0 saturated carbocycles. The van der Waals surface area contributed by atoms with Crippen LogP contribution in [0.3, 0.4) is 0 Å². The topological polar surface area (TPSA) is 51.8 Å². The lowest BCUT2D eigenvalue weighted by atomic mass is 10.6. The number of hydrogen-bond donors (Lipinski definition) is 1. The SMILES string of the molecule is CC(C)Sc1nsc(N)n1. The van der Waals surface area contributed by atoms with Gasteiger partial charge < -0.3 is 5.73 Å². The summed E-state index contributed by atoms with van der Waals surface area (Å²) >= 11 is 2.87. The lowest BCUT2D eigenvalue weighted by Gasteiger charge is -1.96. The van der Waals surface area contributed by atoms with Gasteiger partial charge in [-0.1, -0.05) is 25.6 Å². The van der Waals surface area contributed by atoms with E-state index in [1.165, 1.54) is 11.5 Å². The van der Waals surface area contributed by atoms with Crippen LogP contribution in [0, 0.1) is 0 Å². The summed E-state index contributed by atoms with van der Waals surface area (Å²) in [6.07, 6.45) is 0. The predicted octanol–water partition coefficient (Wildman–Crippen LogP) is 1.62. The normalized spacial score (nSPS) is 10.7. The first-order chi connectivity index (χ1) is 4.68. The van der Waals surface area contributed by atoms with Crippen LogP contribution in [-0.2, 0) is 0 Å². The van der Waals surface area contributed by atoms with E-state index in [1.807, 2.05) is 0 Å². The molecule has 0 unspecified atom stereocenters. The van der Waals surface area contributed by atoms with Gasteiger partial charge in [0.05, 0.1) is 0 Å². The van der Waals surface area contributed by atoms with Crippen LogP contribution in [0.25, 0.3) is 0 Å². The third-order valence-electron chi connectivity index (χ3n) is 0.764.